The first kappa shape index (κ1) is 21.8. The van der Waals surface area contributed by atoms with Gasteiger partial charge in [0.2, 0.25) is 0 Å². The molecule has 0 aliphatic carbocycles. The van der Waals surface area contributed by atoms with Crippen LogP contribution in [0.2, 0.25) is 0 Å². The fraction of sp³-hybridized carbons (Fsp3) is 0.350. The molecular weight excluding hydrogens is 460 g/mol. The van der Waals surface area contributed by atoms with Gasteiger partial charge in [-0.3, -0.25) is 0 Å². The van der Waals surface area contributed by atoms with Crippen molar-refractivity contribution in [1.82, 2.24) is 0 Å². The molecule has 160 valence electrons. The second-order valence-electron chi connectivity index (χ2n) is 6.52. The summed E-state index contributed by atoms with van der Waals surface area (Å²) >= 11 is 3.37. The lowest BCUT2D eigenvalue weighted by molar-refractivity contribution is -0.147. The van der Waals surface area contributed by atoms with Crippen molar-refractivity contribution in [1.29, 1.82) is 0 Å². The molecule has 1 aromatic carbocycles. The second kappa shape index (κ2) is 8.49. The van der Waals surface area contributed by atoms with E-state index in [9.17, 15) is 14.4 Å². The number of nitrogens with one attached hydrogen (secondary N) is 1. The van der Waals surface area contributed by atoms with E-state index in [4.69, 9.17) is 24.7 Å². The highest BCUT2D eigenvalue weighted by molar-refractivity contribution is 9.10. The molecule has 1 spiro atoms. The van der Waals surface area contributed by atoms with Crippen LogP contribution >= 0.6 is 15.9 Å². The Kier molecular flexibility index (Phi) is 6.18. The third-order valence-corrected chi connectivity index (χ3v) is 5.28. The van der Waals surface area contributed by atoms with Crippen LogP contribution in [0.25, 0.3) is 0 Å². The van der Waals surface area contributed by atoms with Crippen LogP contribution in [-0.2, 0) is 38.7 Å². The van der Waals surface area contributed by atoms with Gasteiger partial charge in [-0.25, -0.2) is 14.4 Å². The number of hydrogen-bond donors (Lipinski definition) is 2. The predicted octanol–water partition coefficient (Wildman–Crippen LogP) is 1.87. The van der Waals surface area contributed by atoms with Crippen molar-refractivity contribution in [2.75, 3.05) is 32.2 Å². The van der Waals surface area contributed by atoms with Gasteiger partial charge in [0.05, 0.1) is 13.2 Å². The zero-order chi connectivity index (χ0) is 22.1. The van der Waals surface area contributed by atoms with E-state index in [0.29, 0.717) is 15.7 Å². The molecule has 1 atom stereocenters. The van der Waals surface area contributed by atoms with Gasteiger partial charge in [-0.2, -0.15) is 0 Å². The molecule has 3 rings (SSSR count). The number of esters is 3. The first-order chi connectivity index (χ1) is 14.3. The van der Waals surface area contributed by atoms with Gasteiger partial charge < -0.3 is 30.0 Å². The molecule has 0 unspecified atom stereocenters. The largest absolute Gasteiger partial charge is 0.462 e. The van der Waals surface area contributed by atoms with E-state index in [-0.39, 0.29) is 42.5 Å². The third-order valence-electron chi connectivity index (χ3n) is 4.78. The number of ether oxygens (including phenoxy) is 4. The number of cyclic esters (lactones) is 1. The number of methoxy groups -OCH3 is 1. The average molecular weight is 481 g/mol. The summed E-state index contributed by atoms with van der Waals surface area (Å²) < 4.78 is 21.3. The average Bonchev–Trinajstić information content (AvgIpc) is 2.93. The lowest BCUT2D eigenvalue weighted by Gasteiger charge is -2.36. The maximum absolute atomic E-state index is 13.3. The van der Waals surface area contributed by atoms with Crippen molar-refractivity contribution < 1.29 is 33.3 Å². The Morgan fingerprint density at radius 3 is 2.57 bits per heavy atom. The van der Waals surface area contributed by atoms with Crippen LogP contribution in [0.3, 0.4) is 0 Å². The van der Waals surface area contributed by atoms with Crippen molar-refractivity contribution in [2.24, 2.45) is 5.73 Å². The number of rotatable bonds is 6. The van der Waals surface area contributed by atoms with Crippen LogP contribution < -0.4 is 11.1 Å². The van der Waals surface area contributed by atoms with E-state index in [0.717, 1.165) is 0 Å². The zero-order valence-corrected chi connectivity index (χ0v) is 18.3. The van der Waals surface area contributed by atoms with Gasteiger partial charge in [0.1, 0.15) is 29.3 Å². The molecule has 0 amide bonds. The zero-order valence-electron chi connectivity index (χ0n) is 16.7. The molecule has 1 aromatic rings. The van der Waals surface area contributed by atoms with Crippen LogP contribution in [-0.4, -0.2) is 44.8 Å². The minimum absolute atomic E-state index is 0.0184. The standard InChI is InChI=1S/C20H21BrN2O7/c1-4-28-18(25)15-16(22)23-13-6-5-11(21)9-12(13)20(15)14(10(2)30-19(20)26)17(24)29-8-7-27-3/h5-6,9,23H,4,7-8,22H2,1-3H3/t20-/m0/s1. The Bertz CT molecular complexity index is 985. The van der Waals surface area contributed by atoms with Gasteiger partial charge >= 0.3 is 17.9 Å². The summed E-state index contributed by atoms with van der Waals surface area (Å²) in [7, 11) is 1.46. The van der Waals surface area contributed by atoms with Crippen molar-refractivity contribution in [3.8, 4) is 0 Å². The molecule has 2 heterocycles. The fourth-order valence-corrected chi connectivity index (χ4v) is 4.00. The van der Waals surface area contributed by atoms with Crippen molar-refractivity contribution in [2.45, 2.75) is 19.3 Å². The molecule has 0 radical (unpaired) electrons. The number of carbonyl (C=O) groups is 3. The Labute approximate surface area is 181 Å². The molecule has 2 aliphatic heterocycles. The molecule has 0 saturated carbocycles. The van der Waals surface area contributed by atoms with Crippen molar-refractivity contribution in [3.63, 3.8) is 0 Å². The maximum Gasteiger partial charge on any atom is 0.339 e. The molecule has 10 heteroatoms. The van der Waals surface area contributed by atoms with Crippen LogP contribution in [0.4, 0.5) is 5.69 Å². The summed E-state index contributed by atoms with van der Waals surface area (Å²) in [6, 6.07) is 5.02. The molecule has 3 N–H and O–H groups in total. The topological polar surface area (TPSA) is 126 Å². The van der Waals surface area contributed by atoms with Gasteiger partial charge in [0, 0.05) is 22.8 Å². The minimum atomic E-state index is -1.94. The summed E-state index contributed by atoms with van der Waals surface area (Å²) in [6.45, 7) is 3.23. The molecule has 0 saturated heterocycles. The van der Waals surface area contributed by atoms with E-state index >= 15 is 0 Å². The molecule has 30 heavy (non-hydrogen) atoms. The van der Waals surface area contributed by atoms with Gasteiger partial charge in [0.15, 0.2) is 5.41 Å². The Balaban J connectivity index is 2.29. The van der Waals surface area contributed by atoms with Gasteiger partial charge in [-0.1, -0.05) is 15.9 Å². The normalized spacial score (nSPS) is 20.1. The van der Waals surface area contributed by atoms with Crippen molar-refractivity contribution in [3.05, 3.63) is 51.0 Å². The minimum Gasteiger partial charge on any atom is -0.462 e. The number of fused-ring (bicyclic) bond motifs is 2. The summed E-state index contributed by atoms with van der Waals surface area (Å²) in [5, 5.41) is 2.91. The first-order valence-electron chi connectivity index (χ1n) is 9.13. The molecule has 0 aromatic heterocycles. The molecular formula is C20H21BrN2O7. The number of nitrogens with two attached hydrogens (primary N) is 1. The van der Waals surface area contributed by atoms with Crippen LogP contribution in [0, 0.1) is 0 Å². The smallest absolute Gasteiger partial charge is 0.339 e. The summed E-state index contributed by atoms with van der Waals surface area (Å²) in [6.07, 6.45) is 0. The van der Waals surface area contributed by atoms with Crippen LogP contribution in [0.1, 0.15) is 19.4 Å². The van der Waals surface area contributed by atoms with Crippen molar-refractivity contribution >= 4 is 39.5 Å². The maximum atomic E-state index is 13.3. The fourth-order valence-electron chi connectivity index (χ4n) is 3.64. The molecule has 2 aliphatic rings. The third kappa shape index (κ3) is 3.35. The predicted molar refractivity (Wildman–Crippen MR) is 109 cm³/mol. The van der Waals surface area contributed by atoms with Crippen LogP contribution in [0.15, 0.2) is 45.4 Å². The van der Waals surface area contributed by atoms with E-state index in [1.165, 1.54) is 14.0 Å². The number of anilines is 1. The quantitative estimate of drug-likeness (QED) is 0.356. The Morgan fingerprint density at radius 1 is 1.20 bits per heavy atom. The summed E-state index contributed by atoms with van der Waals surface area (Å²) in [5.41, 5.74) is 4.63. The Hall–Kier alpha value is -2.85. The SMILES string of the molecule is CCOC(=O)C1=C(N)Nc2ccc(Br)cc2[C@@]12C(=O)OC(C)=C2C(=O)OCCOC. The van der Waals surface area contributed by atoms with E-state index in [2.05, 4.69) is 21.2 Å². The molecule has 0 fully saturated rings. The monoisotopic (exact) mass is 480 g/mol. The van der Waals surface area contributed by atoms with Gasteiger partial charge in [-0.05, 0) is 32.0 Å². The van der Waals surface area contributed by atoms with Gasteiger partial charge in [-0.15, -0.1) is 0 Å². The Morgan fingerprint density at radius 2 is 1.90 bits per heavy atom. The lowest BCUT2D eigenvalue weighted by atomic mass is 9.67. The molecule has 9 nitrogen and oxygen atoms in total. The van der Waals surface area contributed by atoms with E-state index < -0.39 is 23.3 Å². The highest BCUT2D eigenvalue weighted by atomic mass is 79.9. The number of hydrogen-bond acceptors (Lipinski definition) is 9. The lowest BCUT2D eigenvalue weighted by Crippen LogP contribution is -2.48. The number of halogens is 1. The van der Waals surface area contributed by atoms with E-state index in [1.807, 2.05) is 0 Å². The summed E-state index contributed by atoms with van der Waals surface area (Å²) in [5.74, 6) is -2.60. The number of allylic oxidation sites excluding steroid dienone is 1. The summed E-state index contributed by atoms with van der Waals surface area (Å²) in [4.78, 5) is 39.3. The van der Waals surface area contributed by atoms with Crippen LogP contribution in [0.5, 0.6) is 0 Å². The molecule has 0 bridgehead atoms. The number of benzene rings is 1. The highest BCUT2D eigenvalue weighted by Gasteiger charge is 2.62. The number of carbonyl (C=O) groups excluding carboxylic acids is 3. The first-order valence-corrected chi connectivity index (χ1v) is 9.92. The second-order valence-corrected chi connectivity index (χ2v) is 7.44. The highest BCUT2D eigenvalue weighted by Crippen LogP contribution is 2.53. The van der Waals surface area contributed by atoms with E-state index in [1.54, 1.807) is 25.1 Å². The van der Waals surface area contributed by atoms with Gasteiger partial charge in [0.25, 0.3) is 0 Å².